The third-order valence-electron chi connectivity index (χ3n) is 6.52. The summed E-state index contributed by atoms with van der Waals surface area (Å²) in [5.74, 6) is -0.642. The predicted octanol–water partition coefficient (Wildman–Crippen LogP) is 3.08. The molecule has 0 atom stereocenters. The Morgan fingerprint density at radius 3 is 2.45 bits per heavy atom. The number of piperazine rings is 1. The SMILES string of the molecule is COc1c(C(=O)N2CCN(C3CCC3)C(=O)C2)nn2c(C(F)(F)F)cc(C3CC3)cc12. The molecule has 0 aromatic carbocycles. The Morgan fingerprint density at radius 2 is 1.90 bits per heavy atom. The van der Waals surface area contributed by atoms with Gasteiger partial charge in [-0.1, -0.05) is 0 Å². The summed E-state index contributed by atoms with van der Waals surface area (Å²) in [5.41, 5.74) is -0.454. The Balaban J connectivity index is 1.51. The number of ether oxygens (including phenoxy) is 1. The number of pyridine rings is 1. The normalized spacial score (nSPS) is 20.3. The first kappa shape index (κ1) is 20.1. The Kier molecular flexibility index (Phi) is 4.63. The van der Waals surface area contributed by atoms with Crippen molar-refractivity contribution in [3.8, 4) is 5.75 Å². The molecule has 3 aliphatic rings. The lowest BCUT2D eigenvalue weighted by Crippen LogP contribution is -2.56. The number of carbonyl (C=O) groups excluding carboxylic acids is 2. The van der Waals surface area contributed by atoms with E-state index in [1.54, 1.807) is 11.0 Å². The zero-order valence-electron chi connectivity index (χ0n) is 17.1. The summed E-state index contributed by atoms with van der Waals surface area (Å²) in [6.45, 7) is 0.633. The molecule has 5 rings (SSSR count). The number of hydrogen-bond acceptors (Lipinski definition) is 4. The Hall–Kier alpha value is -2.78. The van der Waals surface area contributed by atoms with Crippen molar-refractivity contribution in [2.24, 2.45) is 0 Å². The van der Waals surface area contributed by atoms with Gasteiger partial charge in [-0.25, -0.2) is 4.52 Å². The van der Waals surface area contributed by atoms with Gasteiger partial charge in [-0.2, -0.15) is 18.3 Å². The van der Waals surface area contributed by atoms with Gasteiger partial charge in [0.15, 0.2) is 11.4 Å². The van der Waals surface area contributed by atoms with E-state index in [1.807, 2.05) is 0 Å². The second kappa shape index (κ2) is 7.13. The summed E-state index contributed by atoms with van der Waals surface area (Å²) >= 11 is 0. The minimum absolute atomic E-state index is 0.00636. The summed E-state index contributed by atoms with van der Waals surface area (Å²) in [6.07, 6.45) is 0.0873. The first-order valence-electron chi connectivity index (χ1n) is 10.5. The lowest BCUT2D eigenvalue weighted by molar-refractivity contribution is -0.142. The molecule has 1 saturated heterocycles. The minimum Gasteiger partial charge on any atom is -0.492 e. The van der Waals surface area contributed by atoms with Gasteiger partial charge in [0.2, 0.25) is 5.91 Å². The van der Waals surface area contributed by atoms with E-state index in [1.165, 1.54) is 12.0 Å². The summed E-state index contributed by atoms with van der Waals surface area (Å²) in [4.78, 5) is 28.9. The van der Waals surface area contributed by atoms with Crippen LogP contribution < -0.4 is 4.74 Å². The summed E-state index contributed by atoms with van der Waals surface area (Å²) in [7, 11) is 1.31. The van der Waals surface area contributed by atoms with Crippen molar-refractivity contribution in [2.75, 3.05) is 26.7 Å². The summed E-state index contributed by atoms with van der Waals surface area (Å²) in [6, 6.07) is 2.96. The number of rotatable bonds is 4. The molecule has 31 heavy (non-hydrogen) atoms. The van der Waals surface area contributed by atoms with E-state index in [4.69, 9.17) is 4.74 Å². The maximum absolute atomic E-state index is 13.7. The molecule has 1 aliphatic heterocycles. The van der Waals surface area contributed by atoms with Crippen molar-refractivity contribution in [3.63, 3.8) is 0 Å². The molecule has 7 nitrogen and oxygen atoms in total. The standard InChI is InChI=1S/C21H23F3N4O3/c1-31-19-15-9-13(12-5-6-12)10-16(21(22,23)24)28(15)25-18(19)20(30)26-7-8-27(17(29)11-26)14-3-2-4-14/h9-10,12,14H,2-8,11H2,1H3. The van der Waals surface area contributed by atoms with E-state index < -0.39 is 17.8 Å². The average molecular weight is 436 g/mol. The van der Waals surface area contributed by atoms with Crippen molar-refractivity contribution in [2.45, 2.75) is 50.2 Å². The highest BCUT2D eigenvalue weighted by Gasteiger charge is 2.40. The molecule has 0 bridgehead atoms. The molecule has 2 amide bonds. The first-order chi connectivity index (χ1) is 14.8. The van der Waals surface area contributed by atoms with Crippen LogP contribution in [-0.2, 0) is 11.0 Å². The molecule has 2 aromatic heterocycles. The molecule has 2 aromatic rings. The van der Waals surface area contributed by atoms with Crippen LogP contribution in [0.25, 0.3) is 5.52 Å². The highest BCUT2D eigenvalue weighted by Crippen LogP contribution is 2.44. The van der Waals surface area contributed by atoms with Crippen LogP contribution in [-0.4, -0.2) is 64.0 Å². The van der Waals surface area contributed by atoms with Gasteiger partial charge in [0.05, 0.1) is 7.11 Å². The van der Waals surface area contributed by atoms with Gasteiger partial charge in [0.1, 0.15) is 17.8 Å². The minimum atomic E-state index is -4.63. The van der Waals surface area contributed by atoms with E-state index in [9.17, 15) is 22.8 Å². The van der Waals surface area contributed by atoms with Crippen molar-refractivity contribution >= 4 is 17.3 Å². The number of carbonyl (C=O) groups is 2. The highest BCUT2D eigenvalue weighted by atomic mass is 19.4. The third kappa shape index (κ3) is 3.41. The number of alkyl halides is 3. The monoisotopic (exact) mass is 436 g/mol. The Morgan fingerprint density at radius 1 is 1.16 bits per heavy atom. The fourth-order valence-corrected chi connectivity index (χ4v) is 4.44. The maximum atomic E-state index is 13.7. The molecule has 2 aliphatic carbocycles. The number of halogens is 3. The first-order valence-corrected chi connectivity index (χ1v) is 10.5. The van der Waals surface area contributed by atoms with Crippen molar-refractivity contribution in [1.29, 1.82) is 0 Å². The zero-order valence-corrected chi connectivity index (χ0v) is 17.1. The van der Waals surface area contributed by atoms with Gasteiger partial charge in [-0.15, -0.1) is 0 Å². The smallest absolute Gasteiger partial charge is 0.433 e. The van der Waals surface area contributed by atoms with Crippen molar-refractivity contribution in [1.82, 2.24) is 19.4 Å². The lowest BCUT2D eigenvalue weighted by Gasteiger charge is -2.42. The number of fused-ring (bicyclic) bond motifs is 1. The van der Waals surface area contributed by atoms with Gasteiger partial charge in [0, 0.05) is 19.1 Å². The molecule has 3 fully saturated rings. The predicted molar refractivity (Wildman–Crippen MR) is 104 cm³/mol. The van der Waals surface area contributed by atoms with E-state index >= 15 is 0 Å². The molecular weight excluding hydrogens is 413 g/mol. The number of nitrogens with zero attached hydrogens (tertiary/aromatic N) is 4. The lowest BCUT2D eigenvalue weighted by atomic mass is 9.91. The molecule has 166 valence electrons. The maximum Gasteiger partial charge on any atom is 0.433 e. The van der Waals surface area contributed by atoms with E-state index in [-0.39, 0.29) is 41.4 Å². The van der Waals surface area contributed by atoms with E-state index in [2.05, 4.69) is 5.10 Å². The van der Waals surface area contributed by atoms with E-state index in [0.717, 1.165) is 42.7 Å². The molecule has 3 heterocycles. The van der Waals surface area contributed by atoms with Crippen LogP contribution in [0.4, 0.5) is 13.2 Å². The summed E-state index contributed by atoms with van der Waals surface area (Å²) in [5, 5.41) is 4.01. The largest absolute Gasteiger partial charge is 0.492 e. The van der Waals surface area contributed by atoms with Gasteiger partial charge in [0.25, 0.3) is 5.91 Å². The van der Waals surface area contributed by atoms with Gasteiger partial charge in [-0.05, 0) is 55.7 Å². The quantitative estimate of drug-likeness (QED) is 0.739. The Labute approximate surface area is 176 Å². The Bertz CT molecular complexity index is 1060. The molecular formula is C21H23F3N4O3. The molecule has 0 radical (unpaired) electrons. The number of amides is 2. The molecule has 2 saturated carbocycles. The highest BCUT2D eigenvalue weighted by molar-refractivity contribution is 6.00. The van der Waals surface area contributed by atoms with Crippen molar-refractivity contribution in [3.05, 3.63) is 29.1 Å². The second-order valence-corrected chi connectivity index (χ2v) is 8.52. The number of aromatic nitrogens is 2. The molecule has 0 N–H and O–H groups in total. The molecule has 0 spiro atoms. The molecule has 0 unspecified atom stereocenters. The number of methoxy groups -OCH3 is 1. The number of hydrogen-bond donors (Lipinski definition) is 0. The van der Waals surface area contributed by atoms with Crippen molar-refractivity contribution < 1.29 is 27.5 Å². The van der Waals surface area contributed by atoms with E-state index in [0.29, 0.717) is 18.7 Å². The van der Waals surface area contributed by atoms with Crippen LogP contribution in [0.1, 0.15) is 59.8 Å². The van der Waals surface area contributed by atoms with Crippen LogP contribution in [0, 0.1) is 0 Å². The van der Waals surface area contributed by atoms with Crippen LogP contribution in [0.5, 0.6) is 5.75 Å². The fraction of sp³-hybridized carbons (Fsp3) is 0.571. The molecule has 10 heteroatoms. The third-order valence-corrected chi connectivity index (χ3v) is 6.52. The van der Waals surface area contributed by atoms with Crippen LogP contribution >= 0.6 is 0 Å². The van der Waals surface area contributed by atoms with Crippen LogP contribution in [0.3, 0.4) is 0 Å². The second-order valence-electron chi connectivity index (χ2n) is 8.52. The van der Waals surface area contributed by atoms with Crippen LogP contribution in [0.15, 0.2) is 12.1 Å². The zero-order chi connectivity index (χ0) is 21.9. The van der Waals surface area contributed by atoms with Gasteiger partial charge >= 0.3 is 6.18 Å². The topological polar surface area (TPSA) is 67.2 Å². The summed E-state index contributed by atoms with van der Waals surface area (Å²) < 4.78 is 47.3. The average Bonchev–Trinajstić information content (AvgIpc) is 3.46. The van der Waals surface area contributed by atoms with Gasteiger partial charge < -0.3 is 14.5 Å². The fourth-order valence-electron chi connectivity index (χ4n) is 4.44. The van der Waals surface area contributed by atoms with Gasteiger partial charge in [-0.3, -0.25) is 9.59 Å². The van der Waals surface area contributed by atoms with Crippen LogP contribution in [0.2, 0.25) is 0 Å².